The lowest BCUT2D eigenvalue weighted by Gasteiger charge is -2.08. The molecule has 2 aromatic carbocycles. The Morgan fingerprint density at radius 3 is 2.67 bits per heavy atom. The number of rotatable bonds is 5. The van der Waals surface area contributed by atoms with Crippen molar-refractivity contribution in [3.63, 3.8) is 0 Å². The molecule has 0 fully saturated rings. The molecule has 6 nitrogen and oxygen atoms in total. The van der Waals surface area contributed by atoms with Crippen LogP contribution in [0, 0.1) is 0 Å². The summed E-state index contributed by atoms with van der Waals surface area (Å²) in [4.78, 5) is 16.2. The van der Waals surface area contributed by atoms with E-state index in [1.54, 1.807) is 19.1 Å². The third-order valence-electron chi connectivity index (χ3n) is 3.53. The van der Waals surface area contributed by atoms with Gasteiger partial charge in [-0.05, 0) is 49.7 Å². The highest BCUT2D eigenvalue weighted by atomic mass is 16.3. The highest BCUT2D eigenvalue weighted by molar-refractivity contribution is 5.89. The average molecular weight is 325 g/mol. The molecule has 0 aliphatic carbocycles. The molecule has 0 saturated heterocycles. The molecule has 124 valence electrons. The summed E-state index contributed by atoms with van der Waals surface area (Å²) in [5.41, 5.74) is 3.06. The standard InChI is InChI=1S/C18H19N3O3/c1-12(22)10-11-19-18(23)20-14-8-6-13(7-9-14)17-21-15-4-2-3-5-16(15)24-17/h2-9,12,22H,10-11H2,1H3,(H2,19,20,23). The summed E-state index contributed by atoms with van der Waals surface area (Å²) in [5.74, 6) is 0.545. The summed E-state index contributed by atoms with van der Waals surface area (Å²) >= 11 is 0. The molecule has 1 unspecified atom stereocenters. The molecule has 0 bridgehead atoms. The SMILES string of the molecule is CC(O)CCNC(=O)Nc1ccc(-c2nc3ccccc3o2)cc1. The van der Waals surface area contributed by atoms with E-state index in [9.17, 15) is 4.79 Å². The molecule has 3 rings (SSSR count). The number of aliphatic hydroxyl groups excluding tert-OH is 1. The predicted molar refractivity (Wildman–Crippen MR) is 92.8 cm³/mol. The minimum atomic E-state index is -0.430. The van der Waals surface area contributed by atoms with E-state index in [0.29, 0.717) is 24.5 Å². The number of carbonyl (C=O) groups excluding carboxylic acids is 1. The van der Waals surface area contributed by atoms with Gasteiger partial charge in [0.25, 0.3) is 0 Å². The van der Waals surface area contributed by atoms with Crippen LogP contribution in [-0.4, -0.2) is 28.8 Å². The van der Waals surface area contributed by atoms with Crippen molar-refractivity contribution in [2.24, 2.45) is 0 Å². The van der Waals surface area contributed by atoms with Crippen molar-refractivity contribution in [1.29, 1.82) is 0 Å². The molecular weight excluding hydrogens is 306 g/mol. The number of anilines is 1. The van der Waals surface area contributed by atoms with Gasteiger partial charge >= 0.3 is 6.03 Å². The van der Waals surface area contributed by atoms with Crippen molar-refractivity contribution in [2.75, 3.05) is 11.9 Å². The van der Waals surface area contributed by atoms with E-state index in [0.717, 1.165) is 16.7 Å². The predicted octanol–water partition coefficient (Wildman–Crippen LogP) is 3.39. The van der Waals surface area contributed by atoms with Gasteiger partial charge in [-0.3, -0.25) is 0 Å². The summed E-state index contributed by atoms with van der Waals surface area (Å²) < 4.78 is 5.72. The fraction of sp³-hybridized carbons (Fsp3) is 0.222. The highest BCUT2D eigenvalue weighted by Crippen LogP contribution is 2.25. The lowest BCUT2D eigenvalue weighted by Crippen LogP contribution is -2.30. The van der Waals surface area contributed by atoms with Crippen molar-refractivity contribution in [3.8, 4) is 11.5 Å². The van der Waals surface area contributed by atoms with E-state index in [1.807, 2.05) is 36.4 Å². The van der Waals surface area contributed by atoms with Crippen LogP contribution in [0.2, 0.25) is 0 Å². The molecule has 0 spiro atoms. The van der Waals surface area contributed by atoms with Crippen LogP contribution in [0.5, 0.6) is 0 Å². The van der Waals surface area contributed by atoms with Gasteiger partial charge in [0.1, 0.15) is 5.52 Å². The normalized spacial score (nSPS) is 12.1. The molecule has 0 aliphatic heterocycles. The number of hydrogen-bond acceptors (Lipinski definition) is 4. The third kappa shape index (κ3) is 3.91. The second-order valence-electron chi connectivity index (χ2n) is 5.58. The Hall–Kier alpha value is -2.86. The van der Waals surface area contributed by atoms with Gasteiger partial charge in [-0.2, -0.15) is 0 Å². The minimum Gasteiger partial charge on any atom is -0.436 e. The van der Waals surface area contributed by atoms with E-state index in [2.05, 4.69) is 15.6 Å². The Kier molecular flexibility index (Phi) is 4.77. The molecule has 1 heterocycles. The van der Waals surface area contributed by atoms with Gasteiger partial charge in [0.05, 0.1) is 6.10 Å². The number of nitrogens with one attached hydrogen (secondary N) is 2. The van der Waals surface area contributed by atoms with Gasteiger partial charge in [-0.15, -0.1) is 0 Å². The Labute approximate surface area is 139 Å². The van der Waals surface area contributed by atoms with Gasteiger partial charge < -0.3 is 20.2 Å². The minimum absolute atomic E-state index is 0.301. The molecule has 3 aromatic rings. The molecule has 0 saturated carbocycles. The first kappa shape index (κ1) is 16.0. The van der Waals surface area contributed by atoms with Crippen molar-refractivity contribution in [1.82, 2.24) is 10.3 Å². The number of urea groups is 1. The van der Waals surface area contributed by atoms with Crippen LogP contribution < -0.4 is 10.6 Å². The summed E-state index contributed by atoms with van der Waals surface area (Å²) in [6, 6.07) is 14.6. The molecule has 3 N–H and O–H groups in total. The van der Waals surface area contributed by atoms with E-state index in [4.69, 9.17) is 9.52 Å². The number of oxazole rings is 1. The fourth-order valence-corrected chi connectivity index (χ4v) is 2.26. The quantitative estimate of drug-likeness (QED) is 0.671. The summed E-state index contributed by atoms with van der Waals surface area (Å²) in [6.45, 7) is 2.11. The van der Waals surface area contributed by atoms with E-state index >= 15 is 0 Å². The maximum absolute atomic E-state index is 11.7. The number of para-hydroxylation sites is 2. The fourth-order valence-electron chi connectivity index (χ4n) is 2.26. The smallest absolute Gasteiger partial charge is 0.319 e. The Morgan fingerprint density at radius 2 is 1.96 bits per heavy atom. The summed E-state index contributed by atoms with van der Waals surface area (Å²) in [7, 11) is 0. The highest BCUT2D eigenvalue weighted by Gasteiger charge is 2.08. The van der Waals surface area contributed by atoms with Crippen LogP contribution in [0.25, 0.3) is 22.6 Å². The van der Waals surface area contributed by atoms with E-state index < -0.39 is 6.10 Å². The Morgan fingerprint density at radius 1 is 1.21 bits per heavy atom. The number of carbonyl (C=O) groups is 1. The first-order valence-electron chi connectivity index (χ1n) is 7.81. The zero-order valence-corrected chi connectivity index (χ0v) is 13.3. The van der Waals surface area contributed by atoms with Crippen LogP contribution in [0.4, 0.5) is 10.5 Å². The van der Waals surface area contributed by atoms with Crippen LogP contribution in [-0.2, 0) is 0 Å². The first-order valence-corrected chi connectivity index (χ1v) is 7.81. The lowest BCUT2D eigenvalue weighted by atomic mass is 10.2. The van der Waals surface area contributed by atoms with Crippen LogP contribution in [0.15, 0.2) is 52.9 Å². The number of nitrogens with zero attached hydrogens (tertiary/aromatic N) is 1. The molecule has 0 radical (unpaired) electrons. The first-order chi connectivity index (χ1) is 11.6. The summed E-state index contributed by atoms with van der Waals surface area (Å²) in [5, 5.41) is 14.6. The van der Waals surface area contributed by atoms with E-state index in [1.165, 1.54) is 0 Å². The van der Waals surface area contributed by atoms with Gasteiger partial charge in [-0.1, -0.05) is 12.1 Å². The zero-order chi connectivity index (χ0) is 16.9. The second kappa shape index (κ2) is 7.14. The number of hydrogen-bond donors (Lipinski definition) is 3. The molecule has 6 heteroatoms. The van der Waals surface area contributed by atoms with Crippen molar-refractivity contribution in [2.45, 2.75) is 19.4 Å². The largest absolute Gasteiger partial charge is 0.436 e. The molecule has 0 aliphatic rings. The number of aromatic nitrogens is 1. The average Bonchev–Trinajstić information content (AvgIpc) is 2.99. The van der Waals surface area contributed by atoms with Gasteiger partial charge in [-0.25, -0.2) is 9.78 Å². The molecule has 24 heavy (non-hydrogen) atoms. The molecule has 1 aromatic heterocycles. The van der Waals surface area contributed by atoms with Gasteiger partial charge in [0.15, 0.2) is 5.58 Å². The topological polar surface area (TPSA) is 87.4 Å². The van der Waals surface area contributed by atoms with Gasteiger partial charge in [0.2, 0.25) is 5.89 Å². The van der Waals surface area contributed by atoms with Crippen LogP contribution in [0.1, 0.15) is 13.3 Å². The van der Waals surface area contributed by atoms with E-state index in [-0.39, 0.29) is 6.03 Å². The molecule has 2 amide bonds. The van der Waals surface area contributed by atoms with Crippen molar-refractivity contribution >= 4 is 22.8 Å². The maximum Gasteiger partial charge on any atom is 0.319 e. The number of aliphatic hydroxyl groups is 1. The lowest BCUT2D eigenvalue weighted by molar-refractivity contribution is 0.184. The Bertz CT molecular complexity index is 792. The monoisotopic (exact) mass is 325 g/mol. The third-order valence-corrected chi connectivity index (χ3v) is 3.53. The molecular formula is C18H19N3O3. The van der Waals surface area contributed by atoms with Crippen LogP contribution in [0.3, 0.4) is 0 Å². The number of amides is 2. The Balaban J connectivity index is 1.63. The summed E-state index contributed by atoms with van der Waals surface area (Å²) in [6.07, 6.45) is 0.0882. The maximum atomic E-state index is 11.7. The van der Waals surface area contributed by atoms with Crippen molar-refractivity contribution < 1.29 is 14.3 Å². The van der Waals surface area contributed by atoms with Crippen LogP contribution >= 0.6 is 0 Å². The number of fused-ring (bicyclic) bond motifs is 1. The number of benzene rings is 2. The van der Waals surface area contributed by atoms with Gasteiger partial charge in [0, 0.05) is 17.8 Å². The zero-order valence-electron chi connectivity index (χ0n) is 13.3. The second-order valence-corrected chi connectivity index (χ2v) is 5.58. The van der Waals surface area contributed by atoms with Crippen molar-refractivity contribution in [3.05, 3.63) is 48.5 Å². The molecule has 1 atom stereocenters.